The molecule has 0 amide bonds. The second-order valence-electron chi connectivity index (χ2n) is 4.34. The molecule has 0 saturated carbocycles. The molecule has 0 aliphatic carbocycles. The van der Waals surface area contributed by atoms with E-state index in [0.29, 0.717) is 11.4 Å². The van der Waals surface area contributed by atoms with E-state index < -0.39 is 11.6 Å². The van der Waals surface area contributed by atoms with Gasteiger partial charge in [0.15, 0.2) is 0 Å². The molecule has 0 atom stereocenters. The molecule has 0 fully saturated rings. The third-order valence-corrected chi connectivity index (χ3v) is 1.66. The number of esters is 1. The molecule has 4 heteroatoms. The summed E-state index contributed by atoms with van der Waals surface area (Å²) < 4.78 is 5.10. The first-order valence-electron chi connectivity index (χ1n) is 5.00. The number of nitrogen functional groups attached to an aromatic ring is 1. The van der Waals surface area contributed by atoms with Gasteiger partial charge in [-0.05, 0) is 39.0 Å². The van der Waals surface area contributed by atoms with Crippen molar-refractivity contribution in [2.24, 2.45) is 0 Å². The number of pyridine rings is 1. The Labute approximate surface area is 95.1 Å². The van der Waals surface area contributed by atoms with Crippen molar-refractivity contribution < 1.29 is 9.53 Å². The summed E-state index contributed by atoms with van der Waals surface area (Å²) in [6, 6.07) is 3.46. The monoisotopic (exact) mass is 220 g/mol. The Bertz CT molecular complexity index is 406. The van der Waals surface area contributed by atoms with E-state index in [4.69, 9.17) is 10.5 Å². The van der Waals surface area contributed by atoms with Gasteiger partial charge in [0.25, 0.3) is 0 Å². The lowest BCUT2D eigenvalue weighted by Crippen LogP contribution is -2.22. The highest BCUT2D eigenvalue weighted by Gasteiger charge is 2.13. The molecular weight excluding hydrogens is 204 g/mol. The van der Waals surface area contributed by atoms with Crippen LogP contribution >= 0.6 is 0 Å². The van der Waals surface area contributed by atoms with E-state index in [2.05, 4.69) is 4.98 Å². The van der Waals surface area contributed by atoms with Crippen molar-refractivity contribution in [1.29, 1.82) is 0 Å². The molecule has 1 aromatic rings. The Balaban J connectivity index is 2.68. The van der Waals surface area contributed by atoms with E-state index in [9.17, 15) is 4.79 Å². The maximum absolute atomic E-state index is 11.4. The Morgan fingerprint density at radius 2 is 2.19 bits per heavy atom. The topological polar surface area (TPSA) is 65.2 Å². The van der Waals surface area contributed by atoms with Crippen LogP contribution in [0.15, 0.2) is 24.4 Å². The Hall–Kier alpha value is -1.84. The number of carbonyl (C=O) groups excluding carboxylic acids is 1. The number of hydrogen-bond acceptors (Lipinski definition) is 4. The van der Waals surface area contributed by atoms with Crippen molar-refractivity contribution in [2.75, 3.05) is 5.73 Å². The molecule has 86 valence electrons. The second kappa shape index (κ2) is 4.79. The van der Waals surface area contributed by atoms with Crippen LogP contribution in [-0.4, -0.2) is 16.6 Å². The lowest BCUT2D eigenvalue weighted by molar-refractivity contribution is -0.148. The summed E-state index contributed by atoms with van der Waals surface area (Å²) in [5.41, 5.74) is 6.27. The molecular formula is C12H16N2O2. The van der Waals surface area contributed by atoms with Crippen LogP contribution in [0.25, 0.3) is 6.08 Å². The minimum Gasteiger partial charge on any atom is -0.457 e. The van der Waals surface area contributed by atoms with Gasteiger partial charge in [-0.15, -0.1) is 0 Å². The van der Waals surface area contributed by atoms with Gasteiger partial charge < -0.3 is 10.5 Å². The van der Waals surface area contributed by atoms with E-state index in [1.54, 1.807) is 24.4 Å². The zero-order chi connectivity index (χ0) is 12.2. The summed E-state index contributed by atoms with van der Waals surface area (Å²) >= 11 is 0. The SMILES string of the molecule is CC(C)(C)OC(=O)/C=C/c1ncccc1N. The zero-order valence-corrected chi connectivity index (χ0v) is 9.73. The first-order valence-corrected chi connectivity index (χ1v) is 5.00. The third-order valence-electron chi connectivity index (χ3n) is 1.66. The molecule has 0 saturated heterocycles. The number of aromatic nitrogens is 1. The first kappa shape index (κ1) is 12.2. The van der Waals surface area contributed by atoms with Crippen LogP contribution in [0.3, 0.4) is 0 Å². The lowest BCUT2D eigenvalue weighted by Gasteiger charge is -2.17. The van der Waals surface area contributed by atoms with Crippen molar-refractivity contribution in [2.45, 2.75) is 26.4 Å². The molecule has 0 aliphatic heterocycles. The van der Waals surface area contributed by atoms with E-state index in [0.717, 1.165) is 0 Å². The first-order chi connectivity index (χ1) is 7.38. The molecule has 16 heavy (non-hydrogen) atoms. The van der Waals surface area contributed by atoms with Gasteiger partial charge in [-0.25, -0.2) is 4.79 Å². The van der Waals surface area contributed by atoms with Crippen molar-refractivity contribution in [1.82, 2.24) is 4.98 Å². The number of hydrogen-bond donors (Lipinski definition) is 1. The smallest absolute Gasteiger partial charge is 0.331 e. The van der Waals surface area contributed by atoms with Crippen molar-refractivity contribution in [3.8, 4) is 0 Å². The van der Waals surface area contributed by atoms with E-state index in [1.165, 1.54) is 6.08 Å². The summed E-state index contributed by atoms with van der Waals surface area (Å²) in [5.74, 6) is -0.405. The zero-order valence-electron chi connectivity index (χ0n) is 9.73. The highest BCUT2D eigenvalue weighted by Crippen LogP contribution is 2.11. The predicted octanol–water partition coefficient (Wildman–Crippen LogP) is 2.02. The molecule has 0 aliphatic rings. The Morgan fingerprint density at radius 3 is 2.75 bits per heavy atom. The van der Waals surface area contributed by atoms with E-state index >= 15 is 0 Å². The fourth-order valence-electron chi connectivity index (χ4n) is 1.05. The highest BCUT2D eigenvalue weighted by atomic mass is 16.6. The molecule has 0 spiro atoms. The number of ether oxygens (including phenoxy) is 1. The number of anilines is 1. The van der Waals surface area contributed by atoms with Gasteiger partial charge >= 0.3 is 5.97 Å². The molecule has 2 N–H and O–H groups in total. The summed E-state index contributed by atoms with van der Waals surface area (Å²) in [7, 11) is 0. The van der Waals surface area contributed by atoms with Crippen LogP contribution in [-0.2, 0) is 9.53 Å². The van der Waals surface area contributed by atoms with Gasteiger partial charge in [0, 0.05) is 12.3 Å². The summed E-state index contributed by atoms with van der Waals surface area (Å²) in [6.45, 7) is 5.44. The van der Waals surface area contributed by atoms with Gasteiger partial charge in [0.2, 0.25) is 0 Å². The molecule has 1 heterocycles. The number of rotatable bonds is 2. The average Bonchev–Trinajstić information content (AvgIpc) is 2.14. The number of carbonyl (C=O) groups is 1. The van der Waals surface area contributed by atoms with Crippen LogP contribution in [0.1, 0.15) is 26.5 Å². The molecule has 0 bridgehead atoms. The fraction of sp³-hybridized carbons (Fsp3) is 0.333. The Morgan fingerprint density at radius 1 is 1.50 bits per heavy atom. The molecule has 0 radical (unpaired) electrons. The quantitative estimate of drug-likeness (QED) is 0.611. The maximum atomic E-state index is 11.4. The van der Waals surface area contributed by atoms with Gasteiger partial charge in [-0.3, -0.25) is 4.98 Å². The molecule has 0 unspecified atom stereocenters. The van der Waals surface area contributed by atoms with Crippen LogP contribution in [0, 0.1) is 0 Å². The molecule has 0 aromatic carbocycles. The average molecular weight is 220 g/mol. The highest BCUT2D eigenvalue weighted by molar-refractivity contribution is 5.87. The lowest BCUT2D eigenvalue weighted by atomic mass is 10.2. The standard InChI is InChI=1S/C12H16N2O2/c1-12(2,3)16-11(15)7-6-10-9(13)5-4-8-14-10/h4-8H,13H2,1-3H3/b7-6+. The molecule has 4 nitrogen and oxygen atoms in total. The van der Waals surface area contributed by atoms with Gasteiger partial charge in [0.1, 0.15) is 5.60 Å². The predicted molar refractivity (Wildman–Crippen MR) is 63.5 cm³/mol. The van der Waals surface area contributed by atoms with Crippen LogP contribution < -0.4 is 5.73 Å². The summed E-state index contributed by atoms with van der Waals surface area (Å²) in [5, 5.41) is 0. The molecule has 1 aromatic heterocycles. The van der Waals surface area contributed by atoms with E-state index in [1.807, 2.05) is 20.8 Å². The van der Waals surface area contributed by atoms with Crippen molar-refractivity contribution in [3.05, 3.63) is 30.1 Å². The normalized spacial score (nSPS) is 11.7. The van der Waals surface area contributed by atoms with Crippen molar-refractivity contribution in [3.63, 3.8) is 0 Å². The van der Waals surface area contributed by atoms with Gasteiger partial charge in [-0.2, -0.15) is 0 Å². The number of nitrogens with two attached hydrogens (primary N) is 1. The van der Waals surface area contributed by atoms with Crippen LogP contribution in [0.5, 0.6) is 0 Å². The molecule has 1 rings (SSSR count). The van der Waals surface area contributed by atoms with E-state index in [-0.39, 0.29) is 0 Å². The third kappa shape index (κ3) is 4.13. The maximum Gasteiger partial charge on any atom is 0.331 e. The summed E-state index contributed by atoms with van der Waals surface area (Å²) in [6.07, 6.45) is 4.48. The Kier molecular flexibility index (Phi) is 3.66. The largest absolute Gasteiger partial charge is 0.457 e. The minimum atomic E-state index is -0.489. The van der Waals surface area contributed by atoms with Gasteiger partial charge in [0.05, 0.1) is 11.4 Å². The van der Waals surface area contributed by atoms with Crippen LogP contribution in [0.4, 0.5) is 5.69 Å². The second-order valence-corrected chi connectivity index (χ2v) is 4.34. The summed E-state index contributed by atoms with van der Waals surface area (Å²) in [4.78, 5) is 15.4. The minimum absolute atomic E-state index is 0.405. The van der Waals surface area contributed by atoms with Crippen molar-refractivity contribution >= 4 is 17.7 Å². The van der Waals surface area contributed by atoms with Gasteiger partial charge in [-0.1, -0.05) is 0 Å². The number of nitrogens with zero attached hydrogens (tertiary/aromatic N) is 1. The fourth-order valence-corrected chi connectivity index (χ4v) is 1.05. The van der Waals surface area contributed by atoms with Crippen LogP contribution in [0.2, 0.25) is 0 Å².